The number of halogens is 2. The predicted octanol–water partition coefficient (Wildman–Crippen LogP) is 0.505. The van der Waals surface area contributed by atoms with Crippen LogP contribution in [0.25, 0.3) is 0 Å². The van der Waals surface area contributed by atoms with Crippen LogP contribution < -0.4 is 19.3 Å². The van der Waals surface area contributed by atoms with Crippen LogP contribution >= 0.6 is 22.6 Å². The summed E-state index contributed by atoms with van der Waals surface area (Å²) in [6.45, 7) is 5.82. The van der Waals surface area contributed by atoms with Crippen molar-refractivity contribution in [2.75, 3.05) is 39.3 Å². The Morgan fingerprint density at radius 1 is 1.30 bits per heavy atom. The second-order valence-electron chi connectivity index (χ2n) is 6.30. The molecule has 0 atom stereocenters. The molecule has 0 bridgehead atoms. The van der Waals surface area contributed by atoms with Gasteiger partial charge < -0.3 is 0 Å². The number of carbonyl (C=O) groups is 1. The van der Waals surface area contributed by atoms with Gasteiger partial charge in [0.25, 0.3) is 0 Å². The Labute approximate surface area is 179 Å². The van der Waals surface area contributed by atoms with Gasteiger partial charge in [-0.3, -0.25) is 0 Å². The van der Waals surface area contributed by atoms with Gasteiger partial charge in [-0.1, -0.05) is 0 Å². The molecule has 1 saturated heterocycles. The van der Waals surface area contributed by atoms with Gasteiger partial charge in [-0.15, -0.1) is 0 Å². The molecule has 8 heteroatoms. The van der Waals surface area contributed by atoms with Crippen LogP contribution in [0.4, 0.5) is 4.39 Å². The molecule has 1 aliphatic rings. The van der Waals surface area contributed by atoms with E-state index >= 15 is 0 Å². The van der Waals surface area contributed by atoms with Gasteiger partial charge in [-0.25, -0.2) is 0 Å². The third-order valence-electron chi connectivity index (χ3n) is 4.34. The summed E-state index contributed by atoms with van der Waals surface area (Å²) < 4.78 is 16.5. The summed E-state index contributed by atoms with van der Waals surface area (Å²) in [6.07, 6.45) is 4.23. The topological polar surface area (TPSA) is 57.3 Å². The minimum absolute atomic E-state index is 0.103. The molecule has 1 fully saturated rings. The van der Waals surface area contributed by atoms with Crippen molar-refractivity contribution in [2.24, 2.45) is 0 Å². The van der Waals surface area contributed by atoms with Crippen molar-refractivity contribution in [3.05, 3.63) is 51.6 Å². The first-order valence-corrected chi connectivity index (χ1v) is 11.9. The molecule has 0 aliphatic carbocycles. The molecule has 3 rings (SSSR count). The van der Waals surface area contributed by atoms with E-state index in [2.05, 4.69) is 43.1 Å². The number of hydrogen-bond donors (Lipinski definition) is 2. The first-order valence-electron chi connectivity index (χ1n) is 8.95. The van der Waals surface area contributed by atoms with E-state index in [0.717, 1.165) is 47.1 Å². The van der Waals surface area contributed by atoms with Crippen LogP contribution in [0.3, 0.4) is 0 Å². The van der Waals surface area contributed by atoms with E-state index in [1.165, 1.54) is 6.07 Å². The van der Waals surface area contributed by atoms with E-state index in [1.807, 2.05) is 6.07 Å². The van der Waals surface area contributed by atoms with Crippen LogP contribution in [-0.2, 0) is 0 Å². The molecule has 5 nitrogen and oxygen atoms in total. The van der Waals surface area contributed by atoms with E-state index in [9.17, 15) is 9.18 Å². The zero-order chi connectivity index (χ0) is 19.1. The van der Waals surface area contributed by atoms with E-state index in [0.29, 0.717) is 16.5 Å². The van der Waals surface area contributed by atoms with Gasteiger partial charge in [0.15, 0.2) is 0 Å². The SMILES string of the molecule is O=C(NCCCN1CCNCC1)c1ccncc1[As]c1ccc(I)cc1F. The number of piperazine rings is 1. The van der Waals surface area contributed by atoms with Gasteiger partial charge >= 0.3 is 180 Å². The molecule has 1 aromatic carbocycles. The van der Waals surface area contributed by atoms with E-state index < -0.39 is 15.8 Å². The molecular weight excluding hydrogens is 521 g/mol. The summed E-state index contributed by atoms with van der Waals surface area (Å²) in [5, 5.41) is 6.34. The normalized spacial score (nSPS) is 15.3. The fourth-order valence-corrected chi connectivity index (χ4v) is 5.46. The quantitative estimate of drug-likeness (QED) is 0.304. The average molecular weight is 543 g/mol. The molecule has 1 radical (unpaired) electrons. The van der Waals surface area contributed by atoms with Crippen molar-refractivity contribution in [1.82, 2.24) is 20.5 Å². The number of nitrogens with one attached hydrogen (secondary N) is 2. The van der Waals surface area contributed by atoms with Gasteiger partial charge in [0.1, 0.15) is 0 Å². The number of hydrogen-bond acceptors (Lipinski definition) is 4. The van der Waals surface area contributed by atoms with E-state index in [4.69, 9.17) is 0 Å². The van der Waals surface area contributed by atoms with Crippen LogP contribution in [0, 0.1) is 9.39 Å². The Hall–Kier alpha value is -1.02. The number of rotatable bonds is 7. The molecule has 143 valence electrons. The number of nitrogens with zero attached hydrogens (tertiary/aromatic N) is 2. The van der Waals surface area contributed by atoms with Gasteiger partial charge in [-0.05, 0) is 0 Å². The Bertz CT molecular complexity index is 786. The molecule has 2 N–H and O–H groups in total. The number of benzene rings is 1. The molecule has 2 heterocycles. The molecule has 0 spiro atoms. The van der Waals surface area contributed by atoms with E-state index in [1.54, 1.807) is 24.5 Å². The van der Waals surface area contributed by atoms with Crippen LogP contribution in [0.1, 0.15) is 16.8 Å². The summed E-state index contributed by atoms with van der Waals surface area (Å²) in [5.41, 5.74) is 0.602. The zero-order valence-corrected chi connectivity index (χ0v) is 19.0. The summed E-state index contributed by atoms with van der Waals surface area (Å²) in [4.78, 5) is 19.1. The van der Waals surface area contributed by atoms with Crippen molar-refractivity contribution in [1.29, 1.82) is 0 Å². The van der Waals surface area contributed by atoms with Crippen molar-refractivity contribution >= 4 is 53.0 Å². The predicted molar refractivity (Wildman–Crippen MR) is 115 cm³/mol. The summed E-state index contributed by atoms with van der Waals surface area (Å²) in [6, 6.07) is 6.94. The standard InChI is InChI=1S/C19H22AsFIN4O/c21-18-12-14(22)2-3-16(18)20-17-13-24-6-4-15(17)19(27)25-5-1-9-26-10-7-23-8-11-26/h2-4,6,12-13,23H,1,5,7-11H2,(H,25,27). The summed E-state index contributed by atoms with van der Waals surface area (Å²) in [7, 11) is 0. The summed E-state index contributed by atoms with van der Waals surface area (Å²) in [5.74, 6) is -0.318. The second kappa shape index (κ2) is 10.5. The fraction of sp³-hybridized carbons (Fsp3) is 0.368. The van der Waals surface area contributed by atoms with E-state index in [-0.39, 0.29) is 11.7 Å². The number of aromatic nitrogens is 1. The average Bonchev–Trinajstić information content (AvgIpc) is 2.68. The molecule has 1 aromatic heterocycles. The van der Waals surface area contributed by atoms with Crippen LogP contribution in [0.5, 0.6) is 0 Å². The molecule has 27 heavy (non-hydrogen) atoms. The van der Waals surface area contributed by atoms with Crippen molar-refractivity contribution in [3.63, 3.8) is 0 Å². The number of pyridine rings is 1. The second-order valence-corrected chi connectivity index (χ2v) is 10.0. The summed E-state index contributed by atoms with van der Waals surface area (Å²) >= 11 is 1.45. The van der Waals surface area contributed by atoms with Gasteiger partial charge in [0, 0.05) is 0 Å². The monoisotopic (exact) mass is 543 g/mol. The molecule has 1 aliphatic heterocycles. The third kappa shape index (κ3) is 6.24. The van der Waals surface area contributed by atoms with Gasteiger partial charge in [0.2, 0.25) is 0 Å². The van der Waals surface area contributed by atoms with Crippen molar-refractivity contribution < 1.29 is 9.18 Å². The molecule has 0 unspecified atom stereocenters. The minimum atomic E-state index is -0.638. The molecule has 1 amide bonds. The van der Waals surface area contributed by atoms with Crippen LogP contribution in [0.2, 0.25) is 0 Å². The molecule has 2 aromatic rings. The van der Waals surface area contributed by atoms with Crippen molar-refractivity contribution in [3.8, 4) is 0 Å². The van der Waals surface area contributed by atoms with Gasteiger partial charge in [0.05, 0.1) is 0 Å². The molecule has 0 saturated carbocycles. The number of amides is 1. The Kier molecular flexibility index (Phi) is 8.05. The maximum atomic E-state index is 14.2. The molecular formula is C19H22AsFIN4O. The van der Waals surface area contributed by atoms with Crippen molar-refractivity contribution in [2.45, 2.75) is 6.42 Å². The van der Waals surface area contributed by atoms with Gasteiger partial charge in [-0.2, -0.15) is 0 Å². The van der Waals surface area contributed by atoms with Crippen LogP contribution in [-0.4, -0.2) is 70.8 Å². The first kappa shape index (κ1) is 20.7. The Morgan fingerprint density at radius 3 is 2.89 bits per heavy atom. The Morgan fingerprint density at radius 2 is 2.11 bits per heavy atom. The fourth-order valence-electron chi connectivity index (χ4n) is 2.90. The van der Waals surface area contributed by atoms with Crippen LogP contribution in [0.15, 0.2) is 36.7 Å². The first-order chi connectivity index (χ1) is 13.1. The zero-order valence-electron chi connectivity index (χ0n) is 14.9. The number of carbonyl (C=O) groups excluding carboxylic acids is 1. The Balaban J connectivity index is 1.56. The maximum absolute atomic E-state index is 14.2. The third-order valence-corrected chi connectivity index (χ3v) is 7.53.